The third-order valence-electron chi connectivity index (χ3n) is 5.12. The lowest BCUT2D eigenvalue weighted by Gasteiger charge is -2.32. The van der Waals surface area contributed by atoms with Crippen molar-refractivity contribution < 1.29 is 4.79 Å². The van der Waals surface area contributed by atoms with E-state index >= 15 is 0 Å². The molecule has 1 aliphatic heterocycles. The van der Waals surface area contributed by atoms with E-state index in [2.05, 4.69) is 50.8 Å². The maximum atomic E-state index is 12.6. The smallest absolute Gasteiger partial charge is 0.251 e. The first-order chi connectivity index (χ1) is 12.8. The molecule has 2 fully saturated rings. The van der Waals surface area contributed by atoms with Crippen LogP contribution in [0.3, 0.4) is 0 Å². The lowest BCUT2D eigenvalue weighted by molar-refractivity contribution is 0.0909. The molecule has 0 bridgehead atoms. The summed E-state index contributed by atoms with van der Waals surface area (Å²) >= 11 is 0. The van der Waals surface area contributed by atoms with Gasteiger partial charge in [0.05, 0.1) is 0 Å². The van der Waals surface area contributed by atoms with Gasteiger partial charge in [0.15, 0.2) is 0 Å². The number of aromatic nitrogens is 1. The van der Waals surface area contributed by atoms with Crippen LogP contribution in [0.25, 0.3) is 0 Å². The van der Waals surface area contributed by atoms with Crippen LogP contribution < -0.4 is 10.6 Å². The molecule has 1 aromatic heterocycles. The molecule has 0 spiro atoms. The Balaban J connectivity index is 1.26. The van der Waals surface area contributed by atoms with Crippen LogP contribution in [0, 0.1) is 0 Å². The molecule has 1 saturated heterocycles. The van der Waals surface area contributed by atoms with Gasteiger partial charge in [-0.1, -0.05) is 30.3 Å². The number of anilines is 1. The number of hydrogen-bond donors (Lipinski definition) is 2. The van der Waals surface area contributed by atoms with Gasteiger partial charge in [-0.3, -0.25) is 9.69 Å². The maximum absolute atomic E-state index is 12.6. The highest BCUT2D eigenvalue weighted by molar-refractivity contribution is 5.95. The second-order valence-electron chi connectivity index (χ2n) is 7.36. The Hall–Kier alpha value is -2.40. The molecule has 26 heavy (non-hydrogen) atoms. The van der Waals surface area contributed by atoms with Crippen molar-refractivity contribution in [2.45, 2.75) is 44.3 Å². The monoisotopic (exact) mass is 350 g/mol. The normalized spacial score (nSPS) is 18.5. The van der Waals surface area contributed by atoms with E-state index in [0.717, 1.165) is 38.3 Å². The average molecular weight is 350 g/mol. The Morgan fingerprint density at radius 2 is 1.81 bits per heavy atom. The highest BCUT2D eigenvalue weighted by atomic mass is 16.1. The zero-order chi connectivity index (χ0) is 17.8. The van der Waals surface area contributed by atoms with Gasteiger partial charge in [0.2, 0.25) is 0 Å². The molecule has 2 aromatic rings. The van der Waals surface area contributed by atoms with Gasteiger partial charge >= 0.3 is 0 Å². The third-order valence-corrected chi connectivity index (χ3v) is 5.12. The SMILES string of the molecule is O=C(NC1CCN(Cc2ccccc2)CC1)c1ccnc(NC2CC2)c1. The quantitative estimate of drug-likeness (QED) is 0.841. The van der Waals surface area contributed by atoms with Crippen molar-refractivity contribution >= 4 is 11.7 Å². The molecule has 1 aliphatic carbocycles. The number of carbonyl (C=O) groups excluding carboxylic acids is 1. The summed E-state index contributed by atoms with van der Waals surface area (Å²) in [6, 6.07) is 15.0. The van der Waals surface area contributed by atoms with Crippen molar-refractivity contribution in [1.82, 2.24) is 15.2 Å². The van der Waals surface area contributed by atoms with Crippen molar-refractivity contribution in [2.75, 3.05) is 18.4 Å². The second-order valence-corrected chi connectivity index (χ2v) is 7.36. The summed E-state index contributed by atoms with van der Waals surface area (Å²) in [7, 11) is 0. The fourth-order valence-electron chi connectivity index (χ4n) is 3.43. The van der Waals surface area contributed by atoms with Gasteiger partial charge in [0.25, 0.3) is 5.91 Å². The molecule has 1 saturated carbocycles. The van der Waals surface area contributed by atoms with Crippen LogP contribution in [0.4, 0.5) is 5.82 Å². The van der Waals surface area contributed by atoms with Gasteiger partial charge in [0.1, 0.15) is 5.82 Å². The van der Waals surface area contributed by atoms with Crippen molar-refractivity contribution in [1.29, 1.82) is 0 Å². The summed E-state index contributed by atoms with van der Waals surface area (Å²) in [6.07, 6.45) is 6.09. The minimum absolute atomic E-state index is 0.00718. The van der Waals surface area contributed by atoms with Crippen molar-refractivity contribution in [3.63, 3.8) is 0 Å². The van der Waals surface area contributed by atoms with Crippen LogP contribution in [0.15, 0.2) is 48.7 Å². The number of likely N-dealkylation sites (tertiary alicyclic amines) is 1. The Morgan fingerprint density at radius 3 is 2.54 bits per heavy atom. The van der Waals surface area contributed by atoms with Gasteiger partial charge in [-0.2, -0.15) is 0 Å². The van der Waals surface area contributed by atoms with Gasteiger partial charge in [-0.05, 0) is 43.4 Å². The molecule has 1 aromatic carbocycles. The number of piperidine rings is 1. The first kappa shape index (κ1) is 17.0. The minimum Gasteiger partial charge on any atom is -0.367 e. The van der Waals surface area contributed by atoms with E-state index in [-0.39, 0.29) is 11.9 Å². The van der Waals surface area contributed by atoms with Crippen LogP contribution >= 0.6 is 0 Å². The molecule has 2 aliphatic rings. The predicted octanol–water partition coefficient (Wildman–Crippen LogP) is 3.05. The number of carbonyl (C=O) groups is 1. The number of pyridine rings is 1. The predicted molar refractivity (Wildman–Crippen MR) is 103 cm³/mol. The lowest BCUT2D eigenvalue weighted by Crippen LogP contribution is -2.44. The number of nitrogens with zero attached hydrogens (tertiary/aromatic N) is 2. The summed E-state index contributed by atoms with van der Waals surface area (Å²) in [6.45, 7) is 3.03. The molecule has 0 unspecified atom stereocenters. The highest BCUT2D eigenvalue weighted by Gasteiger charge is 2.23. The standard InChI is InChI=1S/C21H26N4O/c26-21(17-8-11-22-20(14-17)23-18-6-7-18)24-19-9-12-25(13-10-19)15-16-4-2-1-3-5-16/h1-5,8,11,14,18-19H,6-7,9-10,12-13,15H2,(H,22,23)(H,24,26). The van der Waals surface area contributed by atoms with Crippen LogP contribution in [0.2, 0.25) is 0 Å². The van der Waals surface area contributed by atoms with Gasteiger partial charge in [-0.15, -0.1) is 0 Å². The Bertz CT molecular complexity index is 737. The summed E-state index contributed by atoms with van der Waals surface area (Å²) in [5.41, 5.74) is 2.04. The Morgan fingerprint density at radius 1 is 1.04 bits per heavy atom. The molecule has 5 nitrogen and oxygen atoms in total. The van der Waals surface area contributed by atoms with Gasteiger partial charge < -0.3 is 10.6 Å². The van der Waals surface area contributed by atoms with E-state index in [1.807, 2.05) is 6.07 Å². The van der Waals surface area contributed by atoms with Crippen molar-refractivity contribution in [2.24, 2.45) is 0 Å². The third kappa shape index (κ3) is 4.61. The minimum atomic E-state index is 0.00718. The van der Waals surface area contributed by atoms with E-state index in [1.54, 1.807) is 12.3 Å². The molecule has 1 amide bonds. The zero-order valence-electron chi connectivity index (χ0n) is 15.0. The molecule has 136 valence electrons. The second kappa shape index (κ2) is 7.87. The molecule has 0 radical (unpaired) electrons. The highest BCUT2D eigenvalue weighted by Crippen LogP contribution is 2.24. The van der Waals surface area contributed by atoms with Crippen molar-refractivity contribution in [3.05, 3.63) is 59.8 Å². The van der Waals surface area contributed by atoms with Gasteiger partial charge in [-0.25, -0.2) is 4.98 Å². The molecular weight excluding hydrogens is 324 g/mol. The number of hydrogen-bond acceptors (Lipinski definition) is 4. The van der Waals surface area contributed by atoms with Crippen LogP contribution in [0.1, 0.15) is 41.6 Å². The number of benzene rings is 1. The largest absolute Gasteiger partial charge is 0.367 e. The van der Waals surface area contributed by atoms with E-state index < -0.39 is 0 Å². The zero-order valence-corrected chi connectivity index (χ0v) is 15.0. The topological polar surface area (TPSA) is 57.3 Å². The lowest BCUT2D eigenvalue weighted by atomic mass is 10.0. The number of amides is 1. The molecule has 4 rings (SSSR count). The van der Waals surface area contributed by atoms with E-state index in [0.29, 0.717) is 11.6 Å². The first-order valence-corrected chi connectivity index (χ1v) is 9.56. The maximum Gasteiger partial charge on any atom is 0.251 e. The molecule has 2 heterocycles. The van der Waals surface area contributed by atoms with Crippen LogP contribution in [0.5, 0.6) is 0 Å². The van der Waals surface area contributed by atoms with Crippen LogP contribution in [-0.2, 0) is 6.54 Å². The summed E-state index contributed by atoms with van der Waals surface area (Å²) < 4.78 is 0. The van der Waals surface area contributed by atoms with Gasteiger partial charge in [0, 0.05) is 43.5 Å². The number of rotatable bonds is 6. The first-order valence-electron chi connectivity index (χ1n) is 9.56. The summed E-state index contributed by atoms with van der Waals surface area (Å²) in [5, 5.41) is 6.54. The van der Waals surface area contributed by atoms with Crippen LogP contribution in [-0.4, -0.2) is 41.0 Å². The van der Waals surface area contributed by atoms with E-state index in [9.17, 15) is 4.79 Å². The fraction of sp³-hybridized carbons (Fsp3) is 0.429. The van der Waals surface area contributed by atoms with E-state index in [4.69, 9.17) is 0 Å². The molecule has 2 N–H and O–H groups in total. The molecule has 0 atom stereocenters. The number of nitrogens with one attached hydrogen (secondary N) is 2. The average Bonchev–Trinajstić information content (AvgIpc) is 3.48. The Kier molecular flexibility index (Phi) is 5.16. The summed E-state index contributed by atoms with van der Waals surface area (Å²) in [4.78, 5) is 19.3. The molecular formula is C21H26N4O. The molecule has 5 heteroatoms. The fourth-order valence-corrected chi connectivity index (χ4v) is 3.43. The Labute approximate surface area is 154 Å². The van der Waals surface area contributed by atoms with Crippen molar-refractivity contribution in [3.8, 4) is 0 Å². The summed E-state index contributed by atoms with van der Waals surface area (Å²) in [5.74, 6) is 0.811. The van der Waals surface area contributed by atoms with E-state index in [1.165, 1.54) is 18.4 Å².